The van der Waals surface area contributed by atoms with Crippen LogP contribution in [0.5, 0.6) is 0 Å². The van der Waals surface area contributed by atoms with E-state index in [2.05, 4.69) is 92.8 Å². The van der Waals surface area contributed by atoms with E-state index < -0.39 is 0 Å². The Kier molecular flexibility index (Phi) is 4.51. The Hall–Kier alpha value is -3.33. The molecule has 0 saturated carbocycles. The second-order valence-corrected chi connectivity index (χ2v) is 6.98. The quantitative estimate of drug-likeness (QED) is 0.477. The van der Waals surface area contributed by atoms with Crippen molar-refractivity contribution in [2.75, 3.05) is 19.0 Å². The van der Waals surface area contributed by atoms with Crippen LogP contribution in [0.25, 0.3) is 28.1 Å². The first kappa shape index (κ1) is 17.1. The summed E-state index contributed by atoms with van der Waals surface area (Å²) in [6.45, 7) is 2.11. The summed E-state index contributed by atoms with van der Waals surface area (Å²) >= 11 is 0. The highest BCUT2D eigenvalue weighted by atomic mass is 15.3. The minimum absolute atomic E-state index is 0.994. The fourth-order valence-corrected chi connectivity index (χ4v) is 3.16. The lowest BCUT2D eigenvalue weighted by Gasteiger charge is -2.12. The van der Waals surface area contributed by atoms with E-state index >= 15 is 0 Å². The highest BCUT2D eigenvalue weighted by molar-refractivity contribution is 5.81. The van der Waals surface area contributed by atoms with Crippen LogP contribution in [0.3, 0.4) is 0 Å². The maximum absolute atomic E-state index is 4.93. The summed E-state index contributed by atoms with van der Waals surface area (Å²) < 4.78 is 1.96. The van der Waals surface area contributed by atoms with E-state index in [1.54, 1.807) is 0 Å². The largest absolute Gasteiger partial charge is 0.378 e. The lowest BCUT2D eigenvalue weighted by Crippen LogP contribution is -2.07. The Morgan fingerprint density at radius 2 is 1.37 bits per heavy atom. The first-order valence-electron chi connectivity index (χ1n) is 9.12. The lowest BCUT2D eigenvalue weighted by molar-refractivity contribution is 0.884. The molecule has 0 spiro atoms. The van der Waals surface area contributed by atoms with Gasteiger partial charge < -0.3 is 4.90 Å². The van der Waals surface area contributed by atoms with Crippen LogP contribution in [0.15, 0.2) is 85.1 Å². The smallest absolute Gasteiger partial charge is 0.101 e. The van der Waals surface area contributed by atoms with Gasteiger partial charge >= 0.3 is 0 Å². The van der Waals surface area contributed by atoms with Crippen molar-refractivity contribution >= 4 is 5.69 Å². The van der Waals surface area contributed by atoms with Gasteiger partial charge in [0, 0.05) is 37.1 Å². The van der Waals surface area contributed by atoms with E-state index in [0.717, 1.165) is 22.5 Å². The van der Waals surface area contributed by atoms with Gasteiger partial charge in [-0.3, -0.25) is 0 Å². The molecule has 0 fully saturated rings. The van der Waals surface area contributed by atoms with Crippen molar-refractivity contribution in [2.45, 2.75) is 6.92 Å². The zero-order chi connectivity index (χ0) is 18.8. The summed E-state index contributed by atoms with van der Waals surface area (Å²) in [5.41, 5.74) is 7.91. The zero-order valence-electron chi connectivity index (χ0n) is 15.9. The number of nitrogens with zero attached hydrogens (tertiary/aromatic N) is 3. The van der Waals surface area contributed by atoms with Crippen molar-refractivity contribution in [1.29, 1.82) is 0 Å². The van der Waals surface area contributed by atoms with Crippen LogP contribution in [0, 0.1) is 6.92 Å². The lowest BCUT2D eigenvalue weighted by atomic mass is 10.0. The van der Waals surface area contributed by atoms with Crippen molar-refractivity contribution < 1.29 is 0 Å². The van der Waals surface area contributed by atoms with E-state index in [-0.39, 0.29) is 0 Å². The maximum Gasteiger partial charge on any atom is 0.101 e. The SMILES string of the molecule is Cc1ccc(-c2cn(-c3ccccc3)nc2-c2ccc(N(C)C)cc2)cc1. The van der Waals surface area contributed by atoms with Gasteiger partial charge in [-0.2, -0.15) is 5.10 Å². The fourth-order valence-electron chi connectivity index (χ4n) is 3.16. The van der Waals surface area contributed by atoms with Crippen molar-refractivity contribution in [3.8, 4) is 28.1 Å². The molecule has 0 saturated heterocycles. The molecule has 4 rings (SSSR count). The van der Waals surface area contributed by atoms with Gasteiger partial charge in [0.05, 0.1) is 5.69 Å². The van der Waals surface area contributed by atoms with Crippen LogP contribution < -0.4 is 4.90 Å². The molecule has 3 aromatic carbocycles. The van der Waals surface area contributed by atoms with E-state index in [1.807, 2.05) is 22.9 Å². The first-order chi connectivity index (χ1) is 13.1. The van der Waals surface area contributed by atoms with Crippen molar-refractivity contribution in [1.82, 2.24) is 9.78 Å². The third kappa shape index (κ3) is 3.49. The Morgan fingerprint density at radius 1 is 0.741 bits per heavy atom. The van der Waals surface area contributed by atoms with Gasteiger partial charge in [0.15, 0.2) is 0 Å². The van der Waals surface area contributed by atoms with Gasteiger partial charge in [0.1, 0.15) is 5.69 Å². The molecule has 0 radical (unpaired) electrons. The average molecular weight is 353 g/mol. The molecule has 3 heteroatoms. The standard InChI is InChI=1S/C24H23N3/c1-18-9-11-19(12-10-18)23-17-27(22-7-5-4-6-8-22)25-24(23)20-13-15-21(16-14-20)26(2)3/h4-17H,1-3H3. The van der Waals surface area contributed by atoms with Crippen LogP contribution in [-0.4, -0.2) is 23.9 Å². The third-order valence-electron chi connectivity index (χ3n) is 4.75. The highest BCUT2D eigenvalue weighted by Gasteiger charge is 2.14. The van der Waals surface area contributed by atoms with Gasteiger partial charge in [-0.05, 0) is 36.8 Å². The predicted octanol–water partition coefficient (Wildman–Crippen LogP) is 5.58. The summed E-state index contributed by atoms with van der Waals surface area (Å²) in [6, 6.07) is 27.4. The van der Waals surface area contributed by atoms with Crippen LogP contribution in [0.1, 0.15) is 5.56 Å². The number of rotatable bonds is 4. The van der Waals surface area contributed by atoms with E-state index in [1.165, 1.54) is 16.8 Å². The molecule has 0 unspecified atom stereocenters. The van der Waals surface area contributed by atoms with Crippen molar-refractivity contribution in [2.24, 2.45) is 0 Å². The van der Waals surface area contributed by atoms with Gasteiger partial charge in [-0.25, -0.2) is 4.68 Å². The van der Waals surface area contributed by atoms with Crippen LogP contribution >= 0.6 is 0 Å². The minimum Gasteiger partial charge on any atom is -0.378 e. The maximum atomic E-state index is 4.93. The molecule has 0 N–H and O–H groups in total. The highest BCUT2D eigenvalue weighted by Crippen LogP contribution is 2.33. The molecule has 0 aliphatic carbocycles. The molecule has 1 heterocycles. The molecule has 3 nitrogen and oxygen atoms in total. The number of para-hydroxylation sites is 1. The molecular weight excluding hydrogens is 330 g/mol. The predicted molar refractivity (Wildman–Crippen MR) is 114 cm³/mol. The van der Waals surface area contributed by atoms with Gasteiger partial charge in [0.25, 0.3) is 0 Å². The summed E-state index contributed by atoms with van der Waals surface area (Å²) in [5.74, 6) is 0. The minimum atomic E-state index is 0.994. The van der Waals surface area contributed by atoms with Crippen LogP contribution in [-0.2, 0) is 0 Å². The monoisotopic (exact) mass is 353 g/mol. The van der Waals surface area contributed by atoms with E-state index in [9.17, 15) is 0 Å². The summed E-state index contributed by atoms with van der Waals surface area (Å²) in [7, 11) is 4.10. The number of hydrogen-bond acceptors (Lipinski definition) is 2. The van der Waals surface area contributed by atoms with Crippen LogP contribution in [0.4, 0.5) is 5.69 Å². The summed E-state index contributed by atoms with van der Waals surface area (Å²) in [4.78, 5) is 2.10. The van der Waals surface area contributed by atoms with E-state index in [0.29, 0.717) is 0 Å². The van der Waals surface area contributed by atoms with Crippen molar-refractivity contribution in [3.05, 3.63) is 90.6 Å². The van der Waals surface area contributed by atoms with Crippen LogP contribution in [0.2, 0.25) is 0 Å². The molecule has 0 aliphatic heterocycles. The number of aryl methyl sites for hydroxylation is 1. The second kappa shape index (κ2) is 7.12. The molecular formula is C24H23N3. The number of benzene rings is 3. The average Bonchev–Trinajstić information content (AvgIpc) is 3.15. The summed E-state index contributed by atoms with van der Waals surface area (Å²) in [5, 5.41) is 4.93. The summed E-state index contributed by atoms with van der Waals surface area (Å²) in [6.07, 6.45) is 2.12. The Labute approximate surface area is 160 Å². The van der Waals surface area contributed by atoms with Crippen molar-refractivity contribution in [3.63, 3.8) is 0 Å². The van der Waals surface area contributed by atoms with E-state index in [4.69, 9.17) is 5.10 Å². The van der Waals surface area contributed by atoms with Gasteiger partial charge in [-0.15, -0.1) is 0 Å². The van der Waals surface area contributed by atoms with Gasteiger partial charge in [0.2, 0.25) is 0 Å². The fraction of sp³-hybridized carbons (Fsp3) is 0.125. The molecule has 4 aromatic rings. The molecule has 0 amide bonds. The molecule has 27 heavy (non-hydrogen) atoms. The van der Waals surface area contributed by atoms with Gasteiger partial charge in [-0.1, -0.05) is 60.2 Å². The Bertz CT molecular complexity index is 1030. The molecule has 0 aliphatic rings. The zero-order valence-corrected chi connectivity index (χ0v) is 15.9. The Balaban J connectivity index is 1.85. The molecule has 0 atom stereocenters. The molecule has 134 valence electrons. The topological polar surface area (TPSA) is 21.1 Å². The normalized spacial score (nSPS) is 10.8. The number of hydrogen-bond donors (Lipinski definition) is 0. The second-order valence-electron chi connectivity index (χ2n) is 6.98. The molecule has 0 bridgehead atoms. The number of aromatic nitrogens is 2. The first-order valence-corrected chi connectivity index (χ1v) is 9.12. The Morgan fingerprint density at radius 3 is 2.00 bits per heavy atom. The number of anilines is 1. The molecule has 1 aromatic heterocycles. The third-order valence-corrected chi connectivity index (χ3v) is 4.75.